The van der Waals surface area contributed by atoms with Crippen LogP contribution in [0.25, 0.3) is 11.3 Å². The number of aromatic amines is 1. The number of amides is 1. The Kier molecular flexibility index (Phi) is 8.39. The number of benzene rings is 1. The van der Waals surface area contributed by atoms with Crippen molar-refractivity contribution < 1.29 is 9.53 Å². The molecule has 4 N–H and O–H groups in total. The minimum Gasteiger partial charge on any atom is -0.444 e. The second kappa shape index (κ2) is 10.9. The Morgan fingerprint density at radius 3 is 2.67 bits per heavy atom. The summed E-state index contributed by atoms with van der Waals surface area (Å²) in [6.45, 7) is 17.4. The number of carbonyl (C=O) groups excluding carboxylic acids is 1. The van der Waals surface area contributed by atoms with E-state index in [0.29, 0.717) is 29.6 Å². The average molecular weight is 515 g/mol. The van der Waals surface area contributed by atoms with Gasteiger partial charge < -0.3 is 20.7 Å². The van der Waals surface area contributed by atoms with E-state index in [2.05, 4.69) is 47.8 Å². The number of likely N-dealkylation sites (tertiary alicyclic amines) is 1. The van der Waals surface area contributed by atoms with Gasteiger partial charge in [-0.25, -0.2) is 9.79 Å². The van der Waals surface area contributed by atoms with Gasteiger partial charge in [0.15, 0.2) is 5.82 Å². The Morgan fingerprint density at radius 2 is 2.08 bits per heavy atom. The minimum absolute atomic E-state index is 0.198. The predicted octanol–water partition coefficient (Wildman–Crippen LogP) is 6.42. The number of nitrogens with one attached hydrogen (secondary N) is 2. The van der Waals surface area contributed by atoms with Crippen molar-refractivity contribution in [3.8, 4) is 11.3 Å². The summed E-state index contributed by atoms with van der Waals surface area (Å²) in [5.41, 5.74) is 8.33. The number of hydrogen-bond donors (Lipinski definition) is 3. The van der Waals surface area contributed by atoms with E-state index in [4.69, 9.17) is 27.1 Å². The molecule has 3 rings (SSSR count). The molecular formula is C27H39ClN6O2. The first-order valence-corrected chi connectivity index (χ1v) is 12.8. The number of piperidine rings is 1. The first-order chi connectivity index (χ1) is 16.9. The van der Waals surface area contributed by atoms with Crippen molar-refractivity contribution in [2.24, 2.45) is 4.99 Å². The van der Waals surface area contributed by atoms with Crippen LogP contribution in [0.15, 0.2) is 35.8 Å². The number of anilines is 1. The Hall–Kier alpha value is -3.00. The monoisotopic (exact) mass is 514 g/mol. The summed E-state index contributed by atoms with van der Waals surface area (Å²) in [5.74, 6) is 1.56. The van der Waals surface area contributed by atoms with Gasteiger partial charge in [-0.15, -0.1) is 0 Å². The molecule has 1 atom stereocenters. The molecule has 2 aromatic rings. The van der Waals surface area contributed by atoms with Crippen LogP contribution in [0.1, 0.15) is 72.3 Å². The number of rotatable bonds is 6. The Morgan fingerprint density at radius 1 is 1.42 bits per heavy atom. The van der Waals surface area contributed by atoms with Crippen LogP contribution in [0, 0.1) is 0 Å². The summed E-state index contributed by atoms with van der Waals surface area (Å²) < 4.78 is 5.45. The topological polar surface area (TPSA) is 109 Å². The zero-order valence-corrected chi connectivity index (χ0v) is 23.0. The largest absolute Gasteiger partial charge is 0.444 e. The number of nitrogens with zero attached hydrogens (tertiary/aromatic N) is 3. The third-order valence-corrected chi connectivity index (χ3v) is 7.01. The van der Waals surface area contributed by atoms with E-state index in [9.17, 15) is 4.79 Å². The predicted molar refractivity (Wildman–Crippen MR) is 148 cm³/mol. The van der Waals surface area contributed by atoms with Crippen molar-refractivity contribution >= 4 is 35.0 Å². The molecule has 9 heteroatoms. The van der Waals surface area contributed by atoms with Crippen molar-refractivity contribution in [3.63, 3.8) is 0 Å². The number of ether oxygens (including phenoxy) is 1. The summed E-state index contributed by atoms with van der Waals surface area (Å²) in [7, 11) is 0. The van der Waals surface area contributed by atoms with Gasteiger partial charge in [-0.05, 0) is 65.0 Å². The fourth-order valence-electron chi connectivity index (χ4n) is 4.30. The lowest BCUT2D eigenvalue weighted by molar-refractivity contribution is 0.0427. The van der Waals surface area contributed by atoms with Crippen molar-refractivity contribution in [1.82, 2.24) is 20.4 Å². The van der Waals surface area contributed by atoms with E-state index in [1.165, 1.54) is 0 Å². The average Bonchev–Trinajstić information content (AvgIpc) is 3.21. The van der Waals surface area contributed by atoms with Crippen molar-refractivity contribution in [1.29, 1.82) is 0 Å². The molecule has 8 nitrogen and oxygen atoms in total. The van der Waals surface area contributed by atoms with E-state index < -0.39 is 11.7 Å². The molecule has 0 aliphatic carbocycles. The van der Waals surface area contributed by atoms with Crippen LogP contribution in [0.3, 0.4) is 0 Å². The van der Waals surface area contributed by atoms with Gasteiger partial charge in [0.1, 0.15) is 11.4 Å². The van der Waals surface area contributed by atoms with E-state index in [-0.39, 0.29) is 11.5 Å². The number of nitrogens with two attached hydrogens (primary N) is 1. The highest BCUT2D eigenvalue weighted by molar-refractivity contribution is 6.35. The van der Waals surface area contributed by atoms with Gasteiger partial charge in [-0.3, -0.25) is 5.10 Å². The lowest BCUT2D eigenvalue weighted by Gasteiger charge is -2.40. The van der Waals surface area contributed by atoms with Gasteiger partial charge in [0.2, 0.25) is 0 Å². The van der Waals surface area contributed by atoms with Gasteiger partial charge in [-0.2, -0.15) is 5.10 Å². The Bertz CT molecular complexity index is 1130. The molecule has 1 fully saturated rings. The molecule has 1 amide bonds. The van der Waals surface area contributed by atoms with Gasteiger partial charge in [-0.1, -0.05) is 44.2 Å². The third-order valence-electron chi connectivity index (χ3n) is 6.58. The Labute approximate surface area is 219 Å². The molecule has 1 aromatic carbocycles. The number of alkyl carbamates (subject to hydrolysis) is 1. The lowest BCUT2D eigenvalue weighted by atomic mass is 9.89. The van der Waals surface area contributed by atoms with E-state index in [1.54, 1.807) is 12.1 Å². The first-order valence-electron chi connectivity index (χ1n) is 12.5. The maximum atomic E-state index is 12.3. The van der Waals surface area contributed by atoms with Crippen molar-refractivity contribution in [3.05, 3.63) is 41.4 Å². The third kappa shape index (κ3) is 6.40. The number of aliphatic imine (C=N–C) groups is 1. The quantitative estimate of drug-likeness (QED) is 0.234. The number of aromatic nitrogens is 2. The first kappa shape index (κ1) is 27.6. The van der Waals surface area contributed by atoms with Crippen LogP contribution in [0.2, 0.25) is 5.02 Å². The smallest absolute Gasteiger partial charge is 0.408 e. The number of carbonyl (C=O) groups is 1. The summed E-state index contributed by atoms with van der Waals surface area (Å²) in [6.07, 6.45) is 3.78. The molecule has 36 heavy (non-hydrogen) atoms. The molecule has 1 aliphatic heterocycles. The van der Waals surface area contributed by atoms with E-state index in [0.717, 1.165) is 41.9 Å². The summed E-state index contributed by atoms with van der Waals surface area (Å²) in [5, 5.41) is 11.3. The molecule has 1 aliphatic rings. The fraction of sp³-hybridized carbons (Fsp3) is 0.519. The van der Waals surface area contributed by atoms with Crippen molar-refractivity contribution in [2.75, 3.05) is 18.8 Å². The normalized spacial score (nSPS) is 17.0. The highest BCUT2D eigenvalue weighted by Gasteiger charge is 2.34. The highest BCUT2D eigenvalue weighted by atomic mass is 35.5. The van der Waals surface area contributed by atoms with Crippen LogP contribution in [-0.4, -0.2) is 51.3 Å². The number of amidine groups is 1. The standard InChI is InChI=1S/C27H39ClN6O2/c1-8-17(3)21-23(18-11-10-12-19(29)22(18)28)32-33-24(21)30-20(9-2)34-15-13-27(7,14-16-34)31-25(35)36-26(4,5)6/h9-12,17H,2,8,13-16,29H2,1,3-7H3,(H,31,35)(H,32,33). The van der Waals surface area contributed by atoms with E-state index in [1.807, 2.05) is 32.9 Å². The van der Waals surface area contributed by atoms with Gasteiger partial charge in [0.25, 0.3) is 0 Å². The summed E-state index contributed by atoms with van der Waals surface area (Å²) >= 11 is 6.54. The Balaban J connectivity index is 1.84. The fourth-order valence-corrected chi connectivity index (χ4v) is 4.52. The molecular weight excluding hydrogens is 476 g/mol. The van der Waals surface area contributed by atoms with Gasteiger partial charge in [0, 0.05) is 29.8 Å². The van der Waals surface area contributed by atoms with Gasteiger partial charge in [0.05, 0.1) is 16.4 Å². The molecule has 1 aromatic heterocycles. The maximum absolute atomic E-state index is 12.3. The molecule has 1 unspecified atom stereocenters. The number of hydrogen-bond acceptors (Lipinski definition) is 5. The lowest BCUT2D eigenvalue weighted by Crippen LogP contribution is -2.55. The molecule has 0 saturated carbocycles. The van der Waals surface area contributed by atoms with E-state index >= 15 is 0 Å². The molecule has 0 bridgehead atoms. The second-order valence-corrected chi connectivity index (χ2v) is 11.1. The highest BCUT2D eigenvalue weighted by Crippen LogP contribution is 2.40. The minimum atomic E-state index is -0.532. The number of H-pyrrole nitrogens is 1. The van der Waals surface area contributed by atoms with Crippen LogP contribution in [0.4, 0.5) is 16.3 Å². The molecule has 2 heterocycles. The second-order valence-electron chi connectivity index (χ2n) is 10.7. The molecule has 0 spiro atoms. The zero-order chi connectivity index (χ0) is 26.7. The number of halogens is 1. The van der Waals surface area contributed by atoms with Gasteiger partial charge >= 0.3 is 6.09 Å². The summed E-state index contributed by atoms with van der Waals surface area (Å²) in [6, 6.07) is 5.59. The van der Waals surface area contributed by atoms with Crippen LogP contribution in [0.5, 0.6) is 0 Å². The van der Waals surface area contributed by atoms with Crippen LogP contribution in [-0.2, 0) is 4.74 Å². The number of nitrogen functional groups attached to an aromatic ring is 1. The van der Waals surface area contributed by atoms with Crippen LogP contribution < -0.4 is 11.1 Å². The maximum Gasteiger partial charge on any atom is 0.408 e. The van der Waals surface area contributed by atoms with Crippen LogP contribution >= 0.6 is 11.6 Å². The molecule has 0 radical (unpaired) electrons. The summed E-state index contributed by atoms with van der Waals surface area (Å²) in [4.78, 5) is 19.4. The zero-order valence-electron chi connectivity index (χ0n) is 22.2. The molecule has 196 valence electrons. The SMILES string of the molecule is C=CC(=Nc1n[nH]c(-c2cccc(N)c2Cl)c1C(C)CC)N1CCC(C)(NC(=O)OC(C)(C)C)CC1. The molecule has 1 saturated heterocycles. The van der Waals surface area contributed by atoms with Crippen molar-refractivity contribution in [2.45, 2.75) is 77.9 Å².